The summed E-state index contributed by atoms with van der Waals surface area (Å²) in [5, 5.41) is 18.3. The molecule has 0 aromatic carbocycles. The van der Waals surface area contributed by atoms with Gasteiger partial charge in [0.05, 0.1) is 13.2 Å². The number of rotatable bonds is 6. The first kappa shape index (κ1) is 13.8. The Kier molecular flexibility index (Phi) is 4.73. The predicted octanol–water partition coefficient (Wildman–Crippen LogP) is 2.15. The Hall–Kier alpha value is -1.31. The fourth-order valence-corrected chi connectivity index (χ4v) is 2.07. The van der Waals surface area contributed by atoms with Crippen molar-refractivity contribution in [2.45, 2.75) is 20.8 Å². The molecule has 1 rings (SSSR count). The molecule has 0 spiro atoms. The van der Waals surface area contributed by atoms with Crippen LogP contribution in [0.15, 0.2) is 9.51 Å². The summed E-state index contributed by atoms with van der Waals surface area (Å²) < 4.78 is 25.9. The lowest BCUT2D eigenvalue weighted by molar-refractivity contribution is -0.438. The van der Waals surface area contributed by atoms with E-state index in [0.717, 1.165) is 0 Å². The lowest BCUT2D eigenvalue weighted by Crippen LogP contribution is -1.99. The molecule has 17 heavy (non-hydrogen) atoms. The summed E-state index contributed by atoms with van der Waals surface area (Å²) in [5.74, 6) is -0.190. The average molecular weight is 264 g/mol. The molecule has 0 fully saturated rings. The summed E-state index contributed by atoms with van der Waals surface area (Å²) in [5.41, 5.74) is 0.225. The summed E-state index contributed by atoms with van der Waals surface area (Å²) in [6.45, 7) is 4.92. The van der Waals surface area contributed by atoms with E-state index in [9.17, 15) is 9.77 Å². The van der Waals surface area contributed by atoms with Gasteiger partial charge in [0.25, 0.3) is 0 Å². The van der Waals surface area contributed by atoms with Crippen LogP contribution >= 0.6 is 7.75 Å². The minimum atomic E-state index is -3.81. The molecule has 9 nitrogen and oxygen atoms in total. The summed E-state index contributed by atoms with van der Waals surface area (Å²) in [7, 11) is -3.81. The number of aromatic nitrogens is 2. The topological polar surface area (TPSA) is 113 Å². The zero-order valence-corrected chi connectivity index (χ0v) is 10.6. The zero-order chi connectivity index (χ0) is 12.9. The van der Waals surface area contributed by atoms with Gasteiger partial charge in [-0.25, -0.2) is 4.57 Å². The van der Waals surface area contributed by atoms with E-state index < -0.39 is 7.75 Å². The van der Waals surface area contributed by atoms with Crippen molar-refractivity contribution in [3.8, 4) is 0 Å². The molecule has 0 bridgehead atoms. The van der Waals surface area contributed by atoms with Crippen molar-refractivity contribution < 1.29 is 23.1 Å². The molecule has 0 atom stereocenters. The standard InChI is InChI=1S/C7H13N4O5P/c1-4-14-17(13,15-5-2)10-11(12)7-6(3)8-16-9-7/h4-5H2,1-3H3/b11-10-. The van der Waals surface area contributed by atoms with Crippen LogP contribution in [-0.4, -0.2) is 28.4 Å². The number of nitrogens with zero attached hydrogens (tertiary/aromatic N) is 4. The van der Waals surface area contributed by atoms with Crippen LogP contribution in [0.4, 0.5) is 5.82 Å². The van der Waals surface area contributed by atoms with E-state index in [2.05, 4.69) is 19.8 Å². The smallest absolute Gasteiger partial charge is 0.489 e. The summed E-state index contributed by atoms with van der Waals surface area (Å²) in [4.78, 5) is 3.34. The highest BCUT2D eigenvalue weighted by Crippen LogP contribution is 2.50. The van der Waals surface area contributed by atoms with E-state index >= 15 is 0 Å². The number of aryl methyl sites for hydroxylation is 1. The molecule has 1 aromatic heterocycles. The van der Waals surface area contributed by atoms with Crippen LogP contribution in [0.5, 0.6) is 0 Å². The Morgan fingerprint density at radius 2 is 2.00 bits per heavy atom. The van der Waals surface area contributed by atoms with Crippen LogP contribution in [0.2, 0.25) is 0 Å². The fourth-order valence-electron chi connectivity index (χ4n) is 0.958. The van der Waals surface area contributed by atoms with Gasteiger partial charge in [-0.15, -0.1) is 9.49 Å². The van der Waals surface area contributed by atoms with Gasteiger partial charge in [0.2, 0.25) is 0 Å². The van der Waals surface area contributed by atoms with Gasteiger partial charge in [-0.3, -0.25) is 9.05 Å². The highest BCUT2D eigenvalue weighted by atomic mass is 31.2. The average Bonchev–Trinajstić information content (AvgIpc) is 2.64. The van der Waals surface area contributed by atoms with Gasteiger partial charge in [-0.2, -0.15) is 0 Å². The Morgan fingerprint density at radius 3 is 2.41 bits per heavy atom. The van der Waals surface area contributed by atoms with Crippen LogP contribution < -0.4 is 0 Å². The van der Waals surface area contributed by atoms with Crippen molar-refractivity contribution in [2.75, 3.05) is 13.2 Å². The van der Waals surface area contributed by atoms with E-state index in [0.29, 0.717) is 0 Å². The minimum absolute atomic E-state index is 0.0257. The largest absolute Gasteiger partial charge is 0.690 e. The highest BCUT2D eigenvalue weighted by Gasteiger charge is 2.28. The molecule has 0 radical (unpaired) electrons. The number of hydrogen-bond donors (Lipinski definition) is 0. The summed E-state index contributed by atoms with van der Waals surface area (Å²) in [6, 6.07) is 0. The van der Waals surface area contributed by atoms with Gasteiger partial charge in [0.1, 0.15) is 0 Å². The van der Waals surface area contributed by atoms with Crippen molar-refractivity contribution in [3.63, 3.8) is 0 Å². The first-order chi connectivity index (χ1) is 8.02. The van der Waals surface area contributed by atoms with Crippen molar-refractivity contribution in [1.29, 1.82) is 0 Å². The quantitative estimate of drug-likeness (QED) is 0.334. The first-order valence-corrected chi connectivity index (χ1v) is 6.40. The molecular formula is C7H13N4O5P. The van der Waals surface area contributed by atoms with Gasteiger partial charge >= 0.3 is 13.6 Å². The maximum absolute atomic E-state index is 11.9. The normalized spacial score (nSPS) is 13.0. The molecule has 0 aliphatic carbocycles. The molecule has 96 valence electrons. The lowest BCUT2D eigenvalue weighted by Gasteiger charge is -2.11. The van der Waals surface area contributed by atoms with Gasteiger partial charge < -0.3 is 5.21 Å². The Bertz CT molecular complexity index is 435. The molecule has 0 aliphatic heterocycles. The Balaban J connectivity index is 2.99. The monoisotopic (exact) mass is 264 g/mol. The minimum Gasteiger partial charge on any atom is -0.690 e. The third-order valence-electron chi connectivity index (χ3n) is 1.59. The Labute approximate surface area is 97.5 Å². The summed E-state index contributed by atoms with van der Waals surface area (Å²) >= 11 is 0. The van der Waals surface area contributed by atoms with Gasteiger partial charge in [-0.05, 0) is 25.9 Å². The molecule has 10 heteroatoms. The van der Waals surface area contributed by atoms with Crippen LogP contribution in [-0.2, 0) is 13.6 Å². The molecule has 0 unspecified atom stereocenters. The van der Waals surface area contributed by atoms with Crippen molar-refractivity contribution >= 4 is 13.6 Å². The molecule has 0 amide bonds. The van der Waals surface area contributed by atoms with E-state index in [1.807, 2.05) is 0 Å². The maximum atomic E-state index is 11.9. The van der Waals surface area contributed by atoms with E-state index in [4.69, 9.17) is 9.05 Å². The SMILES string of the molecule is CCOP(=O)(/N=[N+](\[O-])c1nonc1C)OCC. The molecule has 0 aliphatic rings. The van der Waals surface area contributed by atoms with Crippen molar-refractivity contribution in [2.24, 2.45) is 4.88 Å². The molecule has 0 N–H and O–H groups in total. The van der Waals surface area contributed by atoms with Gasteiger partial charge in [0.15, 0.2) is 10.9 Å². The van der Waals surface area contributed by atoms with Crippen molar-refractivity contribution in [3.05, 3.63) is 10.9 Å². The number of hydrogen-bond acceptors (Lipinski definition) is 7. The predicted molar refractivity (Wildman–Crippen MR) is 55.6 cm³/mol. The molecule has 0 saturated carbocycles. The van der Waals surface area contributed by atoms with Crippen LogP contribution in [0.25, 0.3) is 0 Å². The van der Waals surface area contributed by atoms with Crippen LogP contribution in [0, 0.1) is 12.1 Å². The molecule has 1 aromatic rings. The zero-order valence-electron chi connectivity index (χ0n) is 9.69. The van der Waals surface area contributed by atoms with E-state index in [1.165, 1.54) is 6.92 Å². The third-order valence-corrected chi connectivity index (χ3v) is 3.14. The molecular weight excluding hydrogens is 251 g/mol. The Morgan fingerprint density at radius 1 is 1.41 bits per heavy atom. The van der Waals surface area contributed by atoms with Crippen LogP contribution in [0.1, 0.15) is 19.5 Å². The second kappa shape index (κ2) is 5.85. The molecule has 0 saturated heterocycles. The molecule has 1 heterocycles. The fraction of sp³-hybridized carbons (Fsp3) is 0.714. The first-order valence-electron chi connectivity index (χ1n) is 4.91. The van der Waals surface area contributed by atoms with E-state index in [-0.39, 0.29) is 29.6 Å². The highest BCUT2D eigenvalue weighted by molar-refractivity contribution is 7.52. The second-order valence-corrected chi connectivity index (χ2v) is 4.47. The summed E-state index contributed by atoms with van der Waals surface area (Å²) in [6.07, 6.45) is 0. The van der Waals surface area contributed by atoms with E-state index in [1.54, 1.807) is 13.8 Å². The van der Waals surface area contributed by atoms with Gasteiger partial charge in [-0.1, -0.05) is 0 Å². The van der Waals surface area contributed by atoms with Gasteiger partial charge in [0, 0.05) is 4.88 Å². The van der Waals surface area contributed by atoms with Crippen LogP contribution in [0.3, 0.4) is 0 Å². The lowest BCUT2D eigenvalue weighted by atomic mass is 10.5. The third kappa shape index (κ3) is 3.58. The second-order valence-electron chi connectivity index (χ2n) is 2.84. The van der Waals surface area contributed by atoms with Crippen molar-refractivity contribution in [1.82, 2.24) is 10.3 Å². The maximum Gasteiger partial charge on any atom is 0.489 e.